The van der Waals surface area contributed by atoms with Gasteiger partial charge in [-0.1, -0.05) is 115 Å². The van der Waals surface area contributed by atoms with E-state index in [1.165, 1.54) is 0 Å². The summed E-state index contributed by atoms with van der Waals surface area (Å²) in [4.78, 5) is 15.0. The maximum absolute atomic E-state index is 5.00. The smallest absolute Gasteiger partial charge is 0.0893 e. The molecule has 14 bridgehead atoms. The maximum Gasteiger partial charge on any atom is 0.0893 e. The first-order chi connectivity index (χ1) is 20.8. The summed E-state index contributed by atoms with van der Waals surface area (Å²) in [5, 5.41) is 0. The summed E-state index contributed by atoms with van der Waals surface area (Å²) in [6, 6.07) is 52.9. The molecule has 7 aliphatic heterocycles. The summed E-state index contributed by atoms with van der Waals surface area (Å²) in [6.45, 7) is 0. The SMILES string of the molecule is c1cc2nc(c1)-c1ccc(cc1)-c1ccc(cc1)-c1cccc(n1)-c1cccc(n1)-c1ccc(cc1)-c1ccc-2cc1. The number of pyridine rings is 3. The van der Waals surface area contributed by atoms with Crippen molar-refractivity contribution in [2.45, 2.75) is 0 Å². The normalized spacial score (nSPS) is 11.3. The Morgan fingerprint density at radius 2 is 0.381 bits per heavy atom. The van der Waals surface area contributed by atoms with Gasteiger partial charge in [-0.15, -0.1) is 0 Å². The molecule has 196 valence electrons. The van der Waals surface area contributed by atoms with Crippen LogP contribution >= 0.6 is 0 Å². The minimum atomic E-state index is 0.855. The number of hydrogen-bond donors (Lipinski definition) is 0. The Bertz CT molecular complexity index is 1890. The number of aromatic nitrogens is 3. The third-order valence-electron chi connectivity index (χ3n) is 7.90. The van der Waals surface area contributed by atoms with Gasteiger partial charge in [-0.3, -0.25) is 0 Å². The van der Waals surface area contributed by atoms with Gasteiger partial charge in [0.2, 0.25) is 0 Å². The lowest BCUT2D eigenvalue weighted by Gasteiger charge is -2.09. The first-order valence-corrected chi connectivity index (χ1v) is 14.1. The van der Waals surface area contributed by atoms with Gasteiger partial charge in [0.05, 0.1) is 34.2 Å². The largest absolute Gasteiger partial charge is 0.248 e. The highest BCUT2D eigenvalue weighted by Gasteiger charge is 2.10. The lowest BCUT2D eigenvalue weighted by Crippen LogP contribution is -1.92. The van der Waals surface area contributed by atoms with Crippen molar-refractivity contribution in [3.63, 3.8) is 0 Å². The Morgan fingerprint density at radius 3 is 0.643 bits per heavy atom. The Morgan fingerprint density at radius 1 is 0.190 bits per heavy atom. The van der Waals surface area contributed by atoms with Crippen molar-refractivity contribution in [1.82, 2.24) is 15.0 Å². The van der Waals surface area contributed by atoms with E-state index in [1.807, 2.05) is 24.3 Å². The maximum atomic E-state index is 5.00. The van der Waals surface area contributed by atoms with Crippen molar-refractivity contribution in [1.29, 1.82) is 0 Å². The molecule has 0 saturated heterocycles. The van der Waals surface area contributed by atoms with Crippen molar-refractivity contribution in [2.24, 2.45) is 0 Å². The molecule has 3 heteroatoms. The second-order valence-corrected chi connectivity index (χ2v) is 10.5. The molecule has 7 aliphatic rings. The van der Waals surface area contributed by atoms with Crippen molar-refractivity contribution >= 4 is 0 Å². The molecule has 0 saturated carbocycles. The van der Waals surface area contributed by atoms with Gasteiger partial charge < -0.3 is 0 Å². The number of rotatable bonds is 0. The summed E-state index contributed by atoms with van der Waals surface area (Å²) in [5.41, 5.74) is 14.5. The number of benzene rings is 4. The molecule has 0 spiro atoms. The van der Waals surface area contributed by atoms with Crippen LogP contribution in [-0.2, 0) is 0 Å². The van der Waals surface area contributed by atoms with Crippen LogP contribution < -0.4 is 0 Å². The third-order valence-corrected chi connectivity index (χ3v) is 7.90. The van der Waals surface area contributed by atoms with Gasteiger partial charge in [0.1, 0.15) is 0 Å². The summed E-state index contributed by atoms with van der Waals surface area (Å²) in [6.07, 6.45) is 0. The van der Waals surface area contributed by atoms with Gasteiger partial charge in [0.25, 0.3) is 0 Å². The fourth-order valence-electron chi connectivity index (χ4n) is 5.57. The second kappa shape index (κ2) is 10.1. The average Bonchev–Trinajstić information content (AvgIpc) is 3.08. The number of hydrogen-bond acceptors (Lipinski definition) is 3. The predicted molar refractivity (Wildman–Crippen MR) is 171 cm³/mol. The Balaban J connectivity index is 1.27. The lowest BCUT2D eigenvalue weighted by atomic mass is 9.99. The highest BCUT2D eigenvalue weighted by molar-refractivity contribution is 5.75. The van der Waals surface area contributed by atoms with Crippen LogP contribution in [-0.4, -0.2) is 15.0 Å². The molecule has 42 heavy (non-hydrogen) atoms. The highest BCUT2D eigenvalue weighted by atomic mass is 14.8. The zero-order chi connectivity index (χ0) is 27.9. The van der Waals surface area contributed by atoms with E-state index in [2.05, 4.69) is 127 Å². The van der Waals surface area contributed by atoms with E-state index in [0.29, 0.717) is 0 Å². The van der Waals surface area contributed by atoms with Crippen molar-refractivity contribution < 1.29 is 0 Å². The average molecular weight is 536 g/mol. The summed E-state index contributed by atoms with van der Waals surface area (Å²) < 4.78 is 0. The minimum absolute atomic E-state index is 0.855. The van der Waals surface area contributed by atoms with Crippen molar-refractivity contribution in [3.05, 3.63) is 152 Å². The Hall–Kier alpha value is -5.67. The topological polar surface area (TPSA) is 38.7 Å². The fourth-order valence-corrected chi connectivity index (χ4v) is 5.57. The monoisotopic (exact) mass is 535 g/mol. The zero-order valence-corrected chi connectivity index (χ0v) is 22.8. The van der Waals surface area contributed by atoms with E-state index < -0.39 is 0 Å². The first-order valence-electron chi connectivity index (χ1n) is 14.1. The lowest BCUT2D eigenvalue weighted by molar-refractivity contribution is 1.25. The van der Waals surface area contributed by atoms with Crippen molar-refractivity contribution in [2.75, 3.05) is 0 Å². The van der Waals surface area contributed by atoms with Crippen LogP contribution in [0.5, 0.6) is 0 Å². The molecule has 4 aromatic carbocycles. The molecule has 0 fully saturated rings. The van der Waals surface area contributed by atoms with E-state index in [1.54, 1.807) is 0 Å². The standard InChI is InChI=1S/C39H25N3/c1-4-34-30-18-10-26(11-19-30)28-14-22-32(23-15-28)36-6-2-8-38(41-36)39-9-3-7-37(42-39)33-24-16-29(17-25-33)27-12-20-31(21-13-27)35(5-1)40-34/h1-25H. The molecule has 0 aliphatic carbocycles. The molecule has 0 amide bonds. The molecule has 0 radical (unpaired) electrons. The zero-order valence-electron chi connectivity index (χ0n) is 22.8. The summed E-state index contributed by atoms with van der Waals surface area (Å²) >= 11 is 0. The van der Waals surface area contributed by atoms with Crippen molar-refractivity contribution in [3.8, 4) is 78.7 Å². The van der Waals surface area contributed by atoms with Crippen LogP contribution in [0.25, 0.3) is 78.7 Å². The molecule has 3 nitrogen and oxygen atoms in total. The highest BCUT2D eigenvalue weighted by Crippen LogP contribution is 2.31. The summed E-state index contributed by atoms with van der Waals surface area (Å²) in [5.74, 6) is 0. The quantitative estimate of drug-likeness (QED) is 0.194. The van der Waals surface area contributed by atoms with E-state index in [0.717, 1.165) is 78.7 Å². The van der Waals surface area contributed by atoms with Gasteiger partial charge in [-0.05, 0) is 58.7 Å². The van der Waals surface area contributed by atoms with Gasteiger partial charge >= 0.3 is 0 Å². The molecule has 0 N–H and O–H groups in total. The first kappa shape index (κ1) is 24.2. The van der Waals surface area contributed by atoms with E-state index in [9.17, 15) is 0 Å². The molecule has 7 aromatic rings. The second-order valence-electron chi connectivity index (χ2n) is 10.5. The van der Waals surface area contributed by atoms with E-state index in [-0.39, 0.29) is 0 Å². The van der Waals surface area contributed by atoms with E-state index in [4.69, 9.17) is 15.0 Å². The van der Waals surface area contributed by atoms with Crippen LogP contribution in [0.1, 0.15) is 0 Å². The summed E-state index contributed by atoms with van der Waals surface area (Å²) in [7, 11) is 0. The predicted octanol–water partition coefficient (Wildman–Crippen LogP) is 9.85. The molecule has 3 aromatic heterocycles. The molecular formula is C39H25N3. The van der Waals surface area contributed by atoms with Gasteiger partial charge in [-0.25, -0.2) is 15.0 Å². The van der Waals surface area contributed by atoms with Crippen LogP contribution in [0, 0.1) is 0 Å². The van der Waals surface area contributed by atoms with Crippen LogP contribution in [0.2, 0.25) is 0 Å². The van der Waals surface area contributed by atoms with E-state index >= 15 is 0 Å². The van der Waals surface area contributed by atoms with Crippen LogP contribution in [0.15, 0.2) is 152 Å². The van der Waals surface area contributed by atoms with Gasteiger partial charge in [-0.2, -0.15) is 0 Å². The van der Waals surface area contributed by atoms with Gasteiger partial charge in [0, 0.05) is 22.3 Å². The Kier molecular flexibility index (Phi) is 5.79. The molecule has 0 unspecified atom stereocenters. The molecular weight excluding hydrogens is 510 g/mol. The van der Waals surface area contributed by atoms with Crippen LogP contribution in [0.4, 0.5) is 0 Å². The molecule has 10 heterocycles. The minimum Gasteiger partial charge on any atom is -0.248 e. The molecule has 14 rings (SSSR count). The van der Waals surface area contributed by atoms with Gasteiger partial charge in [0.15, 0.2) is 0 Å². The Labute approximate surface area is 244 Å². The molecule has 0 atom stereocenters. The number of nitrogens with zero attached hydrogens (tertiary/aromatic N) is 3. The third kappa shape index (κ3) is 4.47. The fraction of sp³-hybridized carbons (Fsp3) is 0. The van der Waals surface area contributed by atoms with Crippen LogP contribution in [0.3, 0.4) is 0 Å².